The lowest BCUT2D eigenvalue weighted by Gasteiger charge is -2.20. The second-order valence-corrected chi connectivity index (χ2v) is 9.18. The molecule has 2 rings (SSSR count). The van der Waals surface area contributed by atoms with Crippen molar-refractivity contribution in [2.75, 3.05) is 0 Å². The van der Waals surface area contributed by atoms with E-state index in [1.807, 2.05) is 0 Å². The predicted octanol–water partition coefficient (Wildman–Crippen LogP) is 8.97. The van der Waals surface area contributed by atoms with Crippen LogP contribution in [0.3, 0.4) is 0 Å². The molecule has 0 fully saturated rings. The van der Waals surface area contributed by atoms with Gasteiger partial charge < -0.3 is 0 Å². The minimum Gasteiger partial charge on any atom is -0.0654 e. The number of benzene rings is 2. The summed E-state index contributed by atoms with van der Waals surface area (Å²) in [7, 11) is 0. The maximum absolute atomic E-state index is 2.47. The first-order valence-corrected chi connectivity index (χ1v) is 12.0. The van der Waals surface area contributed by atoms with Crippen molar-refractivity contribution in [1.82, 2.24) is 0 Å². The van der Waals surface area contributed by atoms with Gasteiger partial charge in [0.1, 0.15) is 0 Å². The Kier molecular flexibility index (Phi) is 9.56. The summed E-state index contributed by atoms with van der Waals surface area (Å²) in [5.41, 5.74) is 6.04. The molecule has 0 aliphatic heterocycles. The Bertz CT molecular complexity index is 661. The zero-order valence-corrected chi connectivity index (χ0v) is 19.5. The van der Waals surface area contributed by atoms with Crippen molar-refractivity contribution in [1.29, 1.82) is 0 Å². The van der Waals surface area contributed by atoms with Crippen molar-refractivity contribution in [2.24, 2.45) is 11.8 Å². The fraction of sp³-hybridized carbons (Fsp3) is 0.643. The number of unbranched alkanes of at least 4 members (excludes halogenated alkanes) is 2. The van der Waals surface area contributed by atoms with E-state index in [-0.39, 0.29) is 0 Å². The van der Waals surface area contributed by atoms with Crippen molar-refractivity contribution in [3.63, 3.8) is 0 Å². The molecule has 156 valence electrons. The van der Waals surface area contributed by atoms with Gasteiger partial charge in [-0.15, -0.1) is 0 Å². The Labute approximate surface area is 175 Å². The summed E-state index contributed by atoms with van der Waals surface area (Å²) < 4.78 is 0. The largest absolute Gasteiger partial charge is 0.0654 e. The van der Waals surface area contributed by atoms with Crippen molar-refractivity contribution >= 4 is 10.8 Å². The van der Waals surface area contributed by atoms with Crippen LogP contribution in [0.25, 0.3) is 10.8 Å². The van der Waals surface area contributed by atoms with Gasteiger partial charge in [-0.25, -0.2) is 0 Å². The third-order valence-electron chi connectivity index (χ3n) is 6.63. The highest BCUT2D eigenvalue weighted by molar-refractivity contribution is 5.90. The van der Waals surface area contributed by atoms with Gasteiger partial charge in [-0.1, -0.05) is 114 Å². The van der Waals surface area contributed by atoms with Crippen molar-refractivity contribution in [3.05, 3.63) is 46.5 Å². The molecule has 0 aromatic heterocycles. The lowest BCUT2D eigenvalue weighted by molar-refractivity contribution is 0.449. The standard InChI is InChI=1S/C28H44/c1-7-11-13-23(9-3)19-25-15-21(5)18-28-26(16-22(6)17-27(25)28)20-24(10-4)14-12-8-2/h15-18,23-24H,7-14,19-20H2,1-6H3. The summed E-state index contributed by atoms with van der Waals surface area (Å²) in [4.78, 5) is 0. The first-order valence-electron chi connectivity index (χ1n) is 12.0. The molecule has 2 atom stereocenters. The third kappa shape index (κ3) is 6.36. The van der Waals surface area contributed by atoms with E-state index in [1.54, 1.807) is 11.1 Å². The molecule has 0 N–H and O–H groups in total. The van der Waals surface area contributed by atoms with E-state index in [2.05, 4.69) is 65.8 Å². The molecule has 0 aliphatic carbocycles. The molecule has 0 spiro atoms. The van der Waals surface area contributed by atoms with Gasteiger partial charge in [0.2, 0.25) is 0 Å². The molecule has 0 saturated heterocycles. The average Bonchev–Trinajstić information content (AvgIpc) is 2.68. The van der Waals surface area contributed by atoms with Crippen LogP contribution in [0.2, 0.25) is 0 Å². The van der Waals surface area contributed by atoms with E-state index >= 15 is 0 Å². The first kappa shape index (κ1) is 23.0. The molecule has 2 unspecified atom stereocenters. The van der Waals surface area contributed by atoms with Crippen molar-refractivity contribution < 1.29 is 0 Å². The zero-order valence-electron chi connectivity index (χ0n) is 19.5. The number of fused-ring (bicyclic) bond motifs is 1. The summed E-state index contributed by atoms with van der Waals surface area (Å²) in [6, 6.07) is 9.84. The van der Waals surface area contributed by atoms with Gasteiger partial charge in [0.15, 0.2) is 0 Å². The molecular formula is C28H44. The highest BCUT2D eigenvalue weighted by Crippen LogP contribution is 2.32. The number of hydrogen-bond acceptors (Lipinski definition) is 0. The molecule has 0 saturated carbocycles. The summed E-state index contributed by atoms with van der Waals surface area (Å²) >= 11 is 0. The Hall–Kier alpha value is -1.30. The van der Waals surface area contributed by atoms with E-state index in [0.29, 0.717) is 0 Å². The first-order chi connectivity index (χ1) is 13.5. The van der Waals surface area contributed by atoms with Crippen LogP contribution in [-0.4, -0.2) is 0 Å². The Balaban J connectivity index is 2.41. The number of aryl methyl sites for hydroxylation is 2. The van der Waals surface area contributed by atoms with Crippen LogP contribution in [0, 0.1) is 25.7 Å². The van der Waals surface area contributed by atoms with Gasteiger partial charge in [-0.05, 0) is 60.4 Å². The van der Waals surface area contributed by atoms with Gasteiger partial charge in [-0.3, -0.25) is 0 Å². The SMILES string of the molecule is CCCCC(CC)Cc1cc(C)cc2c(CC(CC)CCCC)cc(C)cc12. The molecular weight excluding hydrogens is 336 g/mol. The van der Waals surface area contributed by atoms with Crippen LogP contribution in [-0.2, 0) is 12.8 Å². The van der Waals surface area contributed by atoms with Crippen LogP contribution in [0.1, 0.15) is 101 Å². The highest BCUT2D eigenvalue weighted by atomic mass is 14.2. The smallest absolute Gasteiger partial charge is 0.0146 e. The van der Waals surface area contributed by atoms with Crippen LogP contribution in [0.4, 0.5) is 0 Å². The molecule has 0 aliphatic rings. The van der Waals surface area contributed by atoms with Gasteiger partial charge in [0.05, 0.1) is 0 Å². The number of rotatable bonds is 12. The van der Waals surface area contributed by atoms with Crippen molar-refractivity contribution in [2.45, 2.75) is 106 Å². The van der Waals surface area contributed by atoms with Crippen LogP contribution >= 0.6 is 0 Å². The average molecular weight is 381 g/mol. The molecule has 0 heterocycles. The zero-order chi connectivity index (χ0) is 20.5. The van der Waals surface area contributed by atoms with E-state index < -0.39 is 0 Å². The third-order valence-corrected chi connectivity index (χ3v) is 6.63. The maximum atomic E-state index is 2.47. The Morgan fingerprint density at radius 3 is 1.32 bits per heavy atom. The molecule has 2 aromatic rings. The fourth-order valence-electron chi connectivity index (χ4n) is 4.78. The lowest BCUT2D eigenvalue weighted by atomic mass is 9.85. The molecule has 0 nitrogen and oxygen atoms in total. The molecule has 0 amide bonds. The van der Waals surface area contributed by atoms with Crippen molar-refractivity contribution in [3.8, 4) is 0 Å². The minimum atomic E-state index is 0.821. The minimum absolute atomic E-state index is 0.821. The van der Waals surface area contributed by atoms with Crippen LogP contribution in [0.15, 0.2) is 24.3 Å². The monoisotopic (exact) mass is 380 g/mol. The number of hydrogen-bond donors (Lipinski definition) is 0. The van der Waals surface area contributed by atoms with E-state index in [4.69, 9.17) is 0 Å². The summed E-state index contributed by atoms with van der Waals surface area (Å²) in [6.07, 6.45) is 13.2. The van der Waals surface area contributed by atoms with E-state index in [1.165, 1.54) is 86.1 Å². The highest BCUT2D eigenvalue weighted by Gasteiger charge is 2.15. The van der Waals surface area contributed by atoms with Gasteiger partial charge in [0, 0.05) is 0 Å². The molecule has 28 heavy (non-hydrogen) atoms. The predicted molar refractivity (Wildman–Crippen MR) is 127 cm³/mol. The van der Waals surface area contributed by atoms with Crippen LogP contribution < -0.4 is 0 Å². The lowest BCUT2D eigenvalue weighted by Crippen LogP contribution is -2.07. The summed E-state index contributed by atoms with van der Waals surface area (Å²) in [5, 5.41) is 3.06. The second-order valence-electron chi connectivity index (χ2n) is 9.18. The maximum Gasteiger partial charge on any atom is -0.0146 e. The Morgan fingerprint density at radius 2 is 1.00 bits per heavy atom. The summed E-state index contributed by atoms with van der Waals surface area (Å²) in [6.45, 7) is 13.9. The molecule has 0 bridgehead atoms. The summed E-state index contributed by atoms with van der Waals surface area (Å²) in [5.74, 6) is 1.64. The fourth-order valence-corrected chi connectivity index (χ4v) is 4.78. The molecule has 2 aromatic carbocycles. The second kappa shape index (κ2) is 11.6. The van der Waals surface area contributed by atoms with E-state index in [0.717, 1.165) is 11.8 Å². The normalized spacial score (nSPS) is 13.8. The molecule has 0 radical (unpaired) electrons. The van der Waals surface area contributed by atoms with E-state index in [9.17, 15) is 0 Å². The Morgan fingerprint density at radius 1 is 0.607 bits per heavy atom. The van der Waals surface area contributed by atoms with Gasteiger partial charge in [0.25, 0.3) is 0 Å². The topological polar surface area (TPSA) is 0 Å². The molecule has 0 heteroatoms. The van der Waals surface area contributed by atoms with Gasteiger partial charge in [-0.2, -0.15) is 0 Å². The quantitative estimate of drug-likeness (QED) is 0.344. The van der Waals surface area contributed by atoms with Crippen LogP contribution in [0.5, 0.6) is 0 Å². The van der Waals surface area contributed by atoms with Gasteiger partial charge >= 0.3 is 0 Å².